The third-order valence-electron chi connectivity index (χ3n) is 4.76. The van der Waals surface area contributed by atoms with E-state index in [1.165, 1.54) is 11.1 Å². The number of anilines is 1. The average Bonchev–Trinajstić information content (AvgIpc) is 3.19. The van der Waals surface area contributed by atoms with Crippen molar-refractivity contribution in [3.63, 3.8) is 0 Å². The van der Waals surface area contributed by atoms with Crippen molar-refractivity contribution >= 4 is 5.95 Å². The van der Waals surface area contributed by atoms with Crippen LogP contribution in [-0.4, -0.2) is 27.9 Å². The zero-order valence-corrected chi connectivity index (χ0v) is 12.5. The Morgan fingerprint density at radius 3 is 3.00 bits per heavy atom. The highest BCUT2D eigenvalue weighted by Crippen LogP contribution is 2.44. The molecule has 5 nitrogen and oxygen atoms in total. The number of rotatable bonds is 2. The summed E-state index contributed by atoms with van der Waals surface area (Å²) in [6, 6.07) is 8.58. The van der Waals surface area contributed by atoms with Crippen molar-refractivity contribution in [2.24, 2.45) is 0 Å². The molecule has 0 N–H and O–H groups in total. The van der Waals surface area contributed by atoms with Crippen LogP contribution in [0.4, 0.5) is 5.95 Å². The molecule has 4 rings (SSSR count). The van der Waals surface area contributed by atoms with Crippen molar-refractivity contribution in [1.29, 1.82) is 0 Å². The van der Waals surface area contributed by atoms with Crippen LogP contribution in [0.25, 0.3) is 0 Å². The average molecular weight is 284 g/mol. The molecule has 3 heterocycles. The Labute approximate surface area is 124 Å². The lowest BCUT2D eigenvalue weighted by Gasteiger charge is -2.25. The van der Waals surface area contributed by atoms with Gasteiger partial charge in [-0.15, -0.1) is 10.2 Å². The van der Waals surface area contributed by atoms with E-state index < -0.39 is 0 Å². The van der Waals surface area contributed by atoms with Crippen LogP contribution >= 0.6 is 0 Å². The van der Waals surface area contributed by atoms with Gasteiger partial charge < -0.3 is 9.64 Å². The summed E-state index contributed by atoms with van der Waals surface area (Å²) < 4.78 is 8.37. The molecule has 0 radical (unpaired) electrons. The number of nitrogens with zero attached hydrogens (tertiary/aromatic N) is 4. The molecule has 0 bridgehead atoms. The summed E-state index contributed by atoms with van der Waals surface area (Å²) in [5, 5.41) is 8.58. The number of aromatic nitrogens is 3. The SMILES string of the molecule is CCn1c(C)nnc1N1CCC2(C1)OCc1ccccc12. The second-order valence-electron chi connectivity index (χ2n) is 5.90. The van der Waals surface area contributed by atoms with Gasteiger partial charge in [-0.3, -0.25) is 4.57 Å². The topological polar surface area (TPSA) is 43.2 Å². The van der Waals surface area contributed by atoms with Crippen LogP contribution in [0.5, 0.6) is 0 Å². The molecule has 1 aromatic carbocycles. The van der Waals surface area contributed by atoms with Gasteiger partial charge >= 0.3 is 0 Å². The van der Waals surface area contributed by atoms with Crippen LogP contribution < -0.4 is 4.90 Å². The van der Waals surface area contributed by atoms with Crippen molar-refractivity contribution in [2.75, 3.05) is 18.0 Å². The number of ether oxygens (including phenoxy) is 1. The first-order chi connectivity index (χ1) is 10.2. The van der Waals surface area contributed by atoms with Crippen molar-refractivity contribution < 1.29 is 4.74 Å². The summed E-state index contributed by atoms with van der Waals surface area (Å²) >= 11 is 0. The first-order valence-electron chi connectivity index (χ1n) is 7.60. The quantitative estimate of drug-likeness (QED) is 0.848. The van der Waals surface area contributed by atoms with Crippen molar-refractivity contribution in [2.45, 2.75) is 39.0 Å². The number of hydrogen-bond donors (Lipinski definition) is 0. The van der Waals surface area contributed by atoms with Gasteiger partial charge in [-0.1, -0.05) is 24.3 Å². The van der Waals surface area contributed by atoms with E-state index in [0.29, 0.717) is 0 Å². The highest BCUT2D eigenvalue weighted by molar-refractivity contribution is 5.43. The Bertz CT molecular complexity index is 681. The van der Waals surface area contributed by atoms with Gasteiger partial charge in [0, 0.05) is 13.1 Å². The van der Waals surface area contributed by atoms with E-state index in [1.807, 2.05) is 6.92 Å². The fraction of sp³-hybridized carbons (Fsp3) is 0.500. The van der Waals surface area contributed by atoms with Crippen molar-refractivity contribution in [3.05, 3.63) is 41.2 Å². The largest absolute Gasteiger partial charge is 0.364 e. The lowest BCUT2D eigenvalue weighted by molar-refractivity contribution is -0.0205. The van der Waals surface area contributed by atoms with E-state index in [9.17, 15) is 0 Å². The number of fused-ring (bicyclic) bond motifs is 2. The Kier molecular flexibility index (Phi) is 2.79. The van der Waals surface area contributed by atoms with Crippen molar-refractivity contribution in [1.82, 2.24) is 14.8 Å². The summed E-state index contributed by atoms with van der Waals surface area (Å²) in [6.07, 6.45) is 1.01. The minimum atomic E-state index is -0.158. The zero-order chi connectivity index (χ0) is 14.4. The smallest absolute Gasteiger partial charge is 0.227 e. The van der Waals surface area contributed by atoms with Crippen LogP contribution in [0.3, 0.4) is 0 Å². The second-order valence-corrected chi connectivity index (χ2v) is 5.90. The lowest BCUT2D eigenvalue weighted by atomic mass is 9.92. The monoisotopic (exact) mass is 284 g/mol. The maximum Gasteiger partial charge on any atom is 0.227 e. The van der Waals surface area contributed by atoms with Gasteiger partial charge in [0.2, 0.25) is 5.95 Å². The van der Waals surface area contributed by atoms with E-state index in [4.69, 9.17) is 4.74 Å². The molecule has 1 fully saturated rings. The lowest BCUT2D eigenvalue weighted by Crippen LogP contribution is -2.31. The molecule has 21 heavy (non-hydrogen) atoms. The van der Waals surface area contributed by atoms with E-state index >= 15 is 0 Å². The van der Waals surface area contributed by atoms with E-state index in [-0.39, 0.29) is 5.60 Å². The zero-order valence-electron chi connectivity index (χ0n) is 12.5. The van der Waals surface area contributed by atoms with Gasteiger partial charge in [0.15, 0.2) is 0 Å². The normalized spacial score (nSPS) is 24.0. The highest BCUT2D eigenvalue weighted by Gasteiger charge is 2.46. The highest BCUT2D eigenvalue weighted by atomic mass is 16.5. The molecule has 1 aromatic heterocycles. The van der Waals surface area contributed by atoms with Crippen LogP contribution in [0, 0.1) is 6.92 Å². The molecular formula is C16H20N4O. The summed E-state index contributed by atoms with van der Waals surface area (Å²) in [6.45, 7) is 7.59. The van der Waals surface area contributed by atoms with Crippen LogP contribution in [0.1, 0.15) is 30.3 Å². The minimum Gasteiger partial charge on any atom is -0.364 e. The first kappa shape index (κ1) is 12.8. The standard InChI is InChI=1S/C16H20N4O/c1-3-20-12(2)17-18-15(20)19-9-8-16(11-19)14-7-5-4-6-13(14)10-21-16/h4-7H,3,8-11H2,1-2H3. The van der Waals surface area contributed by atoms with Gasteiger partial charge in [-0.2, -0.15) is 0 Å². The van der Waals surface area contributed by atoms with Gasteiger partial charge in [0.05, 0.1) is 13.2 Å². The van der Waals surface area contributed by atoms with Gasteiger partial charge in [-0.05, 0) is 31.4 Å². The fourth-order valence-corrected chi connectivity index (χ4v) is 3.65. The number of hydrogen-bond acceptors (Lipinski definition) is 4. The van der Waals surface area contributed by atoms with Gasteiger partial charge in [0.25, 0.3) is 0 Å². The molecule has 1 saturated heterocycles. The molecule has 0 amide bonds. The second kappa shape index (κ2) is 4.56. The maximum atomic E-state index is 6.20. The summed E-state index contributed by atoms with van der Waals surface area (Å²) in [4.78, 5) is 2.31. The molecule has 1 unspecified atom stereocenters. The Morgan fingerprint density at radius 1 is 1.29 bits per heavy atom. The fourth-order valence-electron chi connectivity index (χ4n) is 3.65. The van der Waals surface area contributed by atoms with Crippen LogP contribution in [0.15, 0.2) is 24.3 Å². The van der Waals surface area contributed by atoms with E-state index in [0.717, 1.165) is 44.4 Å². The molecule has 1 spiro atoms. The Morgan fingerprint density at radius 2 is 2.14 bits per heavy atom. The van der Waals surface area contributed by atoms with Crippen molar-refractivity contribution in [3.8, 4) is 0 Å². The predicted octanol–water partition coefficient (Wildman–Crippen LogP) is 2.24. The third-order valence-corrected chi connectivity index (χ3v) is 4.76. The summed E-state index contributed by atoms with van der Waals surface area (Å²) in [7, 11) is 0. The van der Waals surface area contributed by atoms with E-state index in [1.54, 1.807) is 0 Å². The first-order valence-corrected chi connectivity index (χ1v) is 7.60. The molecule has 5 heteroatoms. The summed E-state index contributed by atoms with van der Waals surface area (Å²) in [5.41, 5.74) is 2.52. The van der Waals surface area contributed by atoms with Crippen LogP contribution in [-0.2, 0) is 23.5 Å². The molecule has 0 saturated carbocycles. The molecule has 1 atom stereocenters. The maximum absolute atomic E-state index is 6.20. The van der Waals surface area contributed by atoms with Crippen LogP contribution in [0.2, 0.25) is 0 Å². The van der Waals surface area contributed by atoms with Gasteiger partial charge in [0.1, 0.15) is 11.4 Å². The molecule has 2 aliphatic rings. The van der Waals surface area contributed by atoms with Gasteiger partial charge in [-0.25, -0.2) is 0 Å². The number of benzene rings is 1. The molecule has 0 aliphatic carbocycles. The predicted molar refractivity (Wildman–Crippen MR) is 80.2 cm³/mol. The number of aryl methyl sites for hydroxylation is 1. The Hall–Kier alpha value is -1.88. The molecule has 110 valence electrons. The third kappa shape index (κ3) is 1.80. The van der Waals surface area contributed by atoms with E-state index in [2.05, 4.69) is 50.9 Å². The molecular weight excluding hydrogens is 264 g/mol. The summed E-state index contributed by atoms with van der Waals surface area (Å²) in [5.74, 6) is 1.95. The molecule has 2 aliphatic heterocycles. The molecule has 2 aromatic rings. The Balaban J connectivity index is 1.67. The minimum absolute atomic E-state index is 0.158.